The Kier molecular flexibility index (Phi) is 13.2. The molecule has 0 aliphatic carbocycles. The summed E-state index contributed by atoms with van der Waals surface area (Å²) in [4.78, 5) is 19.0. The molecule has 0 unspecified atom stereocenters. The molecule has 0 bridgehead atoms. The Labute approximate surface area is 182 Å². The maximum absolute atomic E-state index is 12.3. The molecule has 1 saturated heterocycles. The highest BCUT2D eigenvalue weighted by Gasteiger charge is 2.12. The summed E-state index contributed by atoms with van der Waals surface area (Å²) >= 11 is 0. The number of carbonyl (C=O) groups is 1. The molecular formula is C24H42N4O2. The fourth-order valence-electron chi connectivity index (χ4n) is 3.91. The molecule has 170 valence electrons. The standard InChI is InChI=1S/C24H42N4O2/c29-20-12-10-8-6-4-2-1-3-5-7-9-11-15-26-24(30)22-13-14-23(27-21-22)28-18-16-25-17-19-28/h13-14,21,25,29H,1-12,15-20H2,(H,26,30). The number of piperazine rings is 1. The van der Waals surface area contributed by atoms with Crippen molar-refractivity contribution in [3.63, 3.8) is 0 Å². The van der Waals surface area contributed by atoms with Crippen molar-refractivity contribution in [1.82, 2.24) is 15.6 Å². The van der Waals surface area contributed by atoms with Crippen LogP contribution in [0, 0.1) is 0 Å². The second kappa shape index (κ2) is 16.1. The van der Waals surface area contributed by atoms with Gasteiger partial charge in [-0.05, 0) is 25.0 Å². The van der Waals surface area contributed by atoms with Crippen molar-refractivity contribution < 1.29 is 9.90 Å². The molecular weight excluding hydrogens is 376 g/mol. The van der Waals surface area contributed by atoms with Crippen LogP contribution in [-0.4, -0.2) is 55.3 Å². The molecule has 1 aromatic heterocycles. The monoisotopic (exact) mass is 418 g/mol. The van der Waals surface area contributed by atoms with Crippen LogP contribution in [0.1, 0.15) is 87.4 Å². The van der Waals surface area contributed by atoms with Gasteiger partial charge >= 0.3 is 0 Å². The van der Waals surface area contributed by atoms with Gasteiger partial charge in [0.05, 0.1) is 5.56 Å². The maximum atomic E-state index is 12.3. The number of unbranched alkanes of at least 4 members (excludes halogenated alkanes) is 11. The number of carbonyl (C=O) groups excluding carboxylic acids is 1. The number of hydrogen-bond acceptors (Lipinski definition) is 5. The van der Waals surface area contributed by atoms with Gasteiger partial charge in [0.25, 0.3) is 5.91 Å². The molecule has 6 nitrogen and oxygen atoms in total. The van der Waals surface area contributed by atoms with Crippen LogP contribution in [0.25, 0.3) is 0 Å². The smallest absolute Gasteiger partial charge is 0.252 e. The first-order valence-corrected chi connectivity index (χ1v) is 12.1. The minimum Gasteiger partial charge on any atom is -0.396 e. The minimum atomic E-state index is -0.0200. The minimum absolute atomic E-state index is 0.0200. The topological polar surface area (TPSA) is 77.5 Å². The summed E-state index contributed by atoms with van der Waals surface area (Å²) in [6, 6.07) is 3.84. The molecule has 0 radical (unpaired) electrons. The highest BCUT2D eigenvalue weighted by Crippen LogP contribution is 2.13. The number of rotatable bonds is 16. The number of pyridine rings is 1. The number of amides is 1. The second-order valence-corrected chi connectivity index (χ2v) is 8.36. The Morgan fingerprint density at radius 1 is 0.900 bits per heavy atom. The molecule has 1 fully saturated rings. The Hall–Kier alpha value is -1.66. The number of nitrogens with zero attached hydrogens (tertiary/aromatic N) is 2. The summed E-state index contributed by atoms with van der Waals surface area (Å²) < 4.78 is 0. The zero-order chi connectivity index (χ0) is 21.3. The zero-order valence-electron chi connectivity index (χ0n) is 18.7. The number of aliphatic hydroxyl groups excluding tert-OH is 1. The Morgan fingerprint density at radius 2 is 1.47 bits per heavy atom. The van der Waals surface area contributed by atoms with Crippen molar-refractivity contribution in [1.29, 1.82) is 0 Å². The van der Waals surface area contributed by atoms with Gasteiger partial charge in [-0.2, -0.15) is 0 Å². The molecule has 0 aromatic carbocycles. The van der Waals surface area contributed by atoms with Crippen molar-refractivity contribution in [2.75, 3.05) is 44.2 Å². The molecule has 0 spiro atoms. The normalized spacial score (nSPS) is 14.1. The van der Waals surface area contributed by atoms with Crippen molar-refractivity contribution in [3.05, 3.63) is 23.9 Å². The van der Waals surface area contributed by atoms with Gasteiger partial charge in [0.2, 0.25) is 0 Å². The lowest BCUT2D eigenvalue weighted by Gasteiger charge is -2.28. The number of hydrogen-bond donors (Lipinski definition) is 3. The maximum Gasteiger partial charge on any atom is 0.252 e. The molecule has 1 aliphatic rings. The molecule has 2 rings (SSSR count). The fourth-order valence-corrected chi connectivity index (χ4v) is 3.91. The van der Waals surface area contributed by atoms with E-state index in [1.54, 1.807) is 6.20 Å². The Morgan fingerprint density at radius 3 is 2.00 bits per heavy atom. The van der Waals surface area contributed by atoms with E-state index in [9.17, 15) is 4.79 Å². The van der Waals surface area contributed by atoms with Gasteiger partial charge in [0, 0.05) is 45.5 Å². The summed E-state index contributed by atoms with van der Waals surface area (Å²) in [7, 11) is 0. The molecule has 6 heteroatoms. The summed E-state index contributed by atoms with van der Waals surface area (Å²) in [5.74, 6) is 0.933. The zero-order valence-corrected chi connectivity index (χ0v) is 18.7. The van der Waals surface area contributed by atoms with E-state index >= 15 is 0 Å². The van der Waals surface area contributed by atoms with Crippen molar-refractivity contribution in [2.24, 2.45) is 0 Å². The van der Waals surface area contributed by atoms with Crippen molar-refractivity contribution in [3.8, 4) is 0 Å². The SMILES string of the molecule is O=C(NCCCCCCCCCCCCCCO)c1ccc(N2CCNCC2)nc1. The Balaban J connectivity index is 1.43. The first kappa shape index (κ1) is 24.6. The van der Waals surface area contributed by atoms with Gasteiger partial charge in [-0.15, -0.1) is 0 Å². The molecule has 0 atom stereocenters. The van der Waals surface area contributed by atoms with Crippen LogP contribution in [0.2, 0.25) is 0 Å². The van der Waals surface area contributed by atoms with Crippen molar-refractivity contribution >= 4 is 11.7 Å². The summed E-state index contributed by atoms with van der Waals surface area (Å²) in [5.41, 5.74) is 0.644. The third-order valence-electron chi connectivity index (χ3n) is 5.82. The first-order chi connectivity index (χ1) is 14.8. The first-order valence-electron chi connectivity index (χ1n) is 12.1. The molecule has 2 heterocycles. The molecule has 1 aliphatic heterocycles. The highest BCUT2D eigenvalue weighted by atomic mass is 16.2. The second-order valence-electron chi connectivity index (χ2n) is 8.36. The van der Waals surface area contributed by atoms with Crippen LogP contribution in [0.15, 0.2) is 18.3 Å². The summed E-state index contributed by atoms with van der Waals surface area (Å²) in [6.45, 7) is 4.97. The van der Waals surface area contributed by atoms with Crippen LogP contribution < -0.4 is 15.5 Å². The largest absolute Gasteiger partial charge is 0.396 e. The van der Waals surface area contributed by atoms with E-state index in [1.807, 2.05) is 12.1 Å². The van der Waals surface area contributed by atoms with Gasteiger partial charge in [-0.25, -0.2) is 4.98 Å². The van der Waals surface area contributed by atoms with Gasteiger partial charge < -0.3 is 20.6 Å². The van der Waals surface area contributed by atoms with E-state index in [4.69, 9.17) is 5.11 Å². The van der Waals surface area contributed by atoms with E-state index in [0.29, 0.717) is 12.2 Å². The van der Waals surface area contributed by atoms with E-state index in [0.717, 1.165) is 51.4 Å². The lowest BCUT2D eigenvalue weighted by atomic mass is 10.1. The van der Waals surface area contributed by atoms with Crippen LogP contribution in [0.4, 0.5) is 5.82 Å². The Bertz CT molecular complexity index is 559. The fraction of sp³-hybridized carbons (Fsp3) is 0.750. The average Bonchev–Trinajstić information content (AvgIpc) is 2.80. The number of anilines is 1. The van der Waals surface area contributed by atoms with E-state index in [-0.39, 0.29) is 5.91 Å². The quantitative estimate of drug-likeness (QED) is 0.355. The lowest BCUT2D eigenvalue weighted by molar-refractivity contribution is 0.0952. The van der Waals surface area contributed by atoms with Gasteiger partial charge in [-0.1, -0.05) is 64.2 Å². The van der Waals surface area contributed by atoms with Crippen LogP contribution in [0.5, 0.6) is 0 Å². The van der Waals surface area contributed by atoms with Crippen LogP contribution >= 0.6 is 0 Å². The molecule has 3 N–H and O–H groups in total. The highest BCUT2D eigenvalue weighted by molar-refractivity contribution is 5.94. The van der Waals surface area contributed by atoms with Crippen molar-refractivity contribution in [2.45, 2.75) is 77.0 Å². The van der Waals surface area contributed by atoms with Crippen LogP contribution in [-0.2, 0) is 0 Å². The third kappa shape index (κ3) is 10.4. The predicted molar refractivity (Wildman–Crippen MR) is 124 cm³/mol. The van der Waals surface area contributed by atoms with Gasteiger partial charge in [-0.3, -0.25) is 4.79 Å². The lowest BCUT2D eigenvalue weighted by Crippen LogP contribution is -2.43. The summed E-state index contributed by atoms with van der Waals surface area (Å²) in [6.07, 6.45) is 16.5. The van der Waals surface area contributed by atoms with Gasteiger partial charge in [0.15, 0.2) is 0 Å². The molecule has 0 saturated carbocycles. The number of aromatic nitrogens is 1. The van der Waals surface area contributed by atoms with E-state index < -0.39 is 0 Å². The van der Waals surface area contributed by atoms with E-state index in [2.05, 4.69) is 20.5 Å². The van der Waals surface area contributed by atoms with Crippen LogP contribution in [0.3, 0.4) is 0 Å². The third-order valence-corrected chi connectivity index (χ3v) is 5.82. The number of nitrogens with one attached hydrogen (secondary N) is 2. The molecule has 1 aromatic rings. The average molecular weight is 419 g/mol. The molecule has 1 amide bonds. The van der Waals surface area contributed by atoms with Gasteiger partial charge in [0.1, 0.15) is 5.82 Å². The number of aliphatic hydroxyl groups is 1. The molecule has 30 heavy (non-hydrogen) atoms. The van der Waals surface area contributed by atoms with E-state index in [1.165, 1.54) is 64.2 Å². The summed E-state index contributed by atoms with van der Waals surface area (Å²) in [5, 5.41) is 15.1. The predicted octanol–water partition coefficient (Wildman–Crippen LogP) is 3.89.